The van der Waals surface area contributed by atoms with Crippen LogP contribution in [0.5, 0.6) is 0 Å². The zero-order valence-electron chi connectivity index (χ0n) is 10.6. The number of nitrogens with one attached hydrogen (secondary N) is 2. The number of aryl methyl sites for hydroxylation is 1. The van der Waals surface area contributed by atoms with Crippen molar-refractivity contribution in [1.29, 1.82) is 0 Å². The molecule has 2 aromatic heterocycles. The van der Waals surface area contributed by atoms with Gasteiger partial charge in [-0.05, 0) is 12.1 Å². The standard InChI is InChI=1S/C14H14N4O/c1-10-18-14(8-19-10)11-2-4-12(5-3-11)16-7-13-6-15-9-17-13/h2-6,8-9,16H,7H2,1H3,(H,15,17). The van der Waals surface area contributed by atoms with Crippen molar-refractivity contribution in [3.63, 3.8) is 0 Å². The van der Waals surface area contributed by atoms with Crippen molar-refractivity contribution in [2.75, 3.05) is 5.32 Å². The molecule has 96 valence electrons. The van der Waals surface area contributed by atoms with E-state index < -0.39 is 0 Å². The van der Waals surface area contributed by atoms with Gasteiger partial charge in [-0.25, -0.2) is 9.97 Å². The first-order valence-electron chi connectivity index (χ1n) is 6.05. The van der Waals surface area contributed by atoms with Crippen LogP contribution in [0.25, 0.3) is 11.3 Å². The minimum Gasteiger partial charge on any atom is -0.449 e. The van der Waals surface area contributed by atoms with Crippen LogP contribution in [0.4, 0.5) is 5.69 Å². The molecule has 19 heavy (non-hydrogen) atoms. The van der Waals surface area contributed by atoms with E-state index in [1.165, 1.54) is 0 Å². The molecule has 0 aliphatic heterocycles. The molecule has 1 aromatic carbocycles. The van der Waals surface area contributed by atoms with E-state index in [2.05, 4.69) is 20.3 Å². The van der Waals surface area contributed by atoms with Crippen LogP contribution in [-0.4, -0.2) is 15.0 Å². The lowest BCUT2D eigenvalue weighted by atomic mass is 10.1. The van der Waals surface area contributed by atoms with E-state index in [1.54, 1.807) is 18.8 Å². The molecule has 2 N–H and O–H groups in total. The second kappa shape index (κ2) is 4.97. The summed E-state index contributed by atoms with van der Waals surface area (Å²) in [5.41, 5.74) is 4.01. The quantitative estimate of drug-likeness (QED) is 0.751. The molecule has 2 heterocycles. The minimum absolute atomic E-state index is 0.677. The Balaban J connectivity index is 1.69. The van der Waals surface area contributed by atoms with E-state index in [-0.39, 0.29) is 0 Å². The summed E-state index contributed by atoms with van der Waals surface area (Å²) in [4.78, 5) is 11.3. The Labute approximate surface area is 110 Å². The molecule has 0 bridgehead atoms. The number of H-pyrrole nitrogens is 1. The molecule has 0 saturated carbocycles. The first-order chi connectivity index (χ1) is 9.31. The van der Waals surface area contributed by atoms with Gasteiger partial charge in [0, 0.05) is 24.4 Å². The molecule has 0 atom stereocenters. The maximum Gasteiger partial charge on any atom is 0.191 e. The van der Waals surface area contributed by atoms with Gasteiger partial charge in [-0.3, -0.25) is 0 Å². The Morgan fingerprint density at radius 3 is 2.74 bits per heavy atom. The fourth-order valence-corrected chi connectivity index (χ4v) is 1.83. The molecule has 5 heteroatoms. The number of imidazole rings is 1. The van der Waals surface area contributed by atoms with Crippen molar-refractivity contribution in [3.8, 4) is 11.3 Å². The lowest BCUT2D eigenvalue weighted by Crippen LogP contribution is -1.99. The average Bonchev–Trinajstić information content (AvgIpc) is 3.08. The highest BCUT2D eigenvalue weighted by atomic mass is 16.3. The van der Waals surface area contributed by atoms with Crippen molar-refractivity contribution in [1.82, 2.24) is 15.0 Å². The van der Waals surface area contributed by atoms with E-state index in [4.69, 9.17) is 4.42 Å². The molecule has 0 radical (unpaired) electrons. The van der Waals surface area contributed by atoms with E-state index >= 15 is 0 Å². The Kier molecular flexibility index (Phi) is 3.02. The van der Waals surface area contributed by atoms with Gasteiger partial charge in [0.15, 0.2) is 5.89 Å². The number of aromatic amines is 1. The highest BCUT2D eigenvalue weighted by molar-refractivity contribution is 5.61. The van der Waals surface area contributed by atoms with Crippen molar-refractivity contribution in [2.24, 2.45) is 0 Å². The molecular formula is C14H14N4O. The van der Waals surface area contributed by atoms with Crippen LogP contribution in [-0.2, 0) is 6.54 Å². The van der Waals surface area contributed by atoms with E-state index in [9.17, 15) is 0 Å². The van der Waals surface area contributed by atoms with Crippen LogP contribution >= 0.6 is 0 Å². The zero-order valence-corrected chi connectivity index (χ0v) is 10.6. The monoisotopic (exact) mass is 254 g/mol. The summed E-state index contributed by atoms with van der Waals surface area (Å²) in [6.07, 6.45) is 5.15. The second-order valence-corrected chi connectivity index (χ2v) is 4.26. The summed E-state index contributed by atoms with van der Waals surface area (Å²) in [6.45, 7) is 2.56. The summed E-state index contributed by atoms with van der Waals surface area (Å²) in [7, 11) is 0. The molecule has 0 amide bonds. The fourth-order valence-electron chi connectivity index (χ4n) is 1.83. The number of hydrogen-bond donors (Lipinski definition) is 2. The third kappa shape index (κ3) is 2.65. The van der Waals surface area contributed by atoms with Gasteiger partial charge in [0.2, 0.25) is 0 Å². The van der Waals surface area contributed by atoms with Crippen molar-refractivity contribution < 1.29 is 4.42 Å². The predicted octanol–water partition coefficient (Wildman–Crippen LogP) is 2.99. The summed E-state index contributed by atoms with van der Waals surface area (Å²) in [5, 5.41) is 3.32. The first-order valence-corrected chi connectivity index (χ1v) is 6.05. The number of benzene rings is 1. The van der Waals surface area contributed by atoms with Crippen LogP contribution in [0, 0.1) is 6.92 Å². The number of rotatable bonds is 4. The Morgan fingerprint density at radius 2 is 2.11 bits per heavy atom. The molecule has 0 aliphatic rings. The first kappa shape index (κ1) is 11.5. The van der Waals surface area contributed by atoms with Gasteiger partial charge >= 0.3 is 0 Å². The fraction of sp³-hybridized carbons (Fsp3) is 0.143. The van der Waals surface area contributed by atoms with Gasteiger partial charge in [0.1, 0.15) is 12.0 Å². The minimum atomic E-state index is 0.677. The molecule has 5 nitrogen and oxygen atoms in total. The van der Waals surface area contributed by atoms with Crippen molar-refractivity contribution in [2.45, 2.75) is 13.5 Å². The van der Waals surface area contributed by atoms with Gasteiger partial charge in [0.25, 0.3) is 0 Å². The van der Waals surface area contributed by atoms with E-state index in [0.29, 0.717) is 5.89 Å². The molecule has 0 aliphatic carbocycles. The molecule has 0 saturated heterocycles. The van der Waals surface area contributed by atoms with E-state index in [1.807, 2.05) is 31.2 Å². The smallest absolute Gasteiger partial charge is 0.191 e. The van der Waals surface area contributed by atoms with Crippen LogP contribution in [0.15, 0.2) is 47.5 Å². The molecule has 3 aromatic rings. The normalized spacial score (nSPS) is 10.6. The van der Waals surface area contributed by atoms with Gasteiger partial charge in [0.05, 0.1) is 18.6 Å². The number of oxazole rings is 1. The SMILES string of the molecule is Cc1nc(-c2ccc(NCc3cnc[nH]3)cc2)co1. The third-order valence-electron chi connectivity index (χ3n) is 2.84. The van der Waals surface area contributed by atoms with Gasteiger partial charge in [-0.15, -0.1) is 0 Å². The van der Waals surface area contributed by atoms with Crippen LogP contribution in [0.3, 0.4) is 0 Å². The summed E-state index contributed by atoms with van der Waals surface area (Å²) in [6, 6.07) is 8.09. The Hall–Kier alpha value is -2.56. The summed E-state index contributed by atoms with van der Waals surface area (Å²) in [5.74, 6) is 0.677. The van der Waals surface area contributed by atoms with Crippen LogP contribution < -0.4 is 5.32 Å². The average molecular weight is 254 g/mol. The molecular weight excluding hydrogens is 240 g/mol. The third-order valence-corrected chi connectivity index (χ3v) is 2.84. The predicted molar refractivity (Wildman–Crippen MR) is 72.6 cm³/mol. The summed E-state index contributed by atoms with van der Waals surface area (Å²) < 4.78 is 5.21. The molecule has 3 rings (SSSR count). The van der Waals surface area contributed by atoms with Crippen LogP contribution in [0.1, 0.15) is 11.6 Å². The van der Waals surface area contributed by atoms with Crippen LogP contribution in [0.2, 0.25) is 0 Å². The topological polar surface area (TPSA) is 66.7 Å². The largest absolute Gasteiger partial charge is 0.449 e. The molecule has 0 unspecified atom stereocenters. The number of hydrogen-bond acceptors (Lipinski definition) is 4. The van der Waals surface area contributed by atoms with Crippen molar-refractivity contribution in [3.05, 3.63) is 54.6 Å². The number of aromatic nitrogens is 3. The Bertz CT molecular complexity index is 640. The maximum atomic E-state index is 5.21. The maximum absolute atomic E-state index is 5.21. The molecule has 0 spiro atoms. The number of nitrogens with zero attached hydrogens (tertiary/aromatic N) is 2. The highest BCUT2D eigenvalue weighted by Gasteiger charge is 2.03. The van der Waals surface area contributed by atoms with Gasteiger partial charge < -0.3 is 14.7 Å². The van der Waals surface area contributed by atoms with Gasteiger partial charge in [-0.2, -0.15) is 0 Å². The Morgan fingerprint density at radius 1 is 1.26 bits per heavy atom. The van der Waals surface area contributed by atoms with Crippen molar-refractivity contribution >= 4 is 5.69 Å². The lowest BCUT2D eigenvalue weighted by Gasteiger charge is -2.05. The number of anilines is 1. The second-order valence-electron chi connectivity index (χ2n) is 4.26. The lowest BCUT2D eigenvalue weighted by molar-refractivity contribution is 0.521. The van der Waals surface area contributed by atoms with E-state index in [0.717, 1.165) is 29.2 Å². The zero-order chi connectivity index (χ0) is 13.1. The summed E-state index contributed by atoms with van der Waals surface area (Å²) >= 11 is 0. The molecule has 0 fully saturated rings. The van der Waals surface area contributed by atoms with Gasteiger partial charge in [-0.1, -0.05) is 12.1 Å². The highest BCUT2D eigenvalue weighted by Crippen LogP contribution is 2.20.